The number of carbonyl (C=O) groups excluding carboxylic acids is 1. The summed E-state index contributed by atoms with van der Waals surface area (Å²) in [5.41, 5.74) is -1.21. The maximum absolute atomic E-state index is 13.2. The average Bonchev–Trinajstić information content (AvgIpc) is 3.46. The molecule has 0 radical (unpaired) electrons. The fraction of sp³-hybridized carbons (Fsp3) is 0.974. The van der Waals surface area contributed by atoms with Gasteiger partial charge in [-0.25, -0.2) is 24.3 Å². The van der Waals surface area contributed by atoms with Crippen molar-refractivity contribution in [2.24, 2.45) is 53.3 Å². The van der Waals surface area contributed by atoms with Gasteiger partial charge in [0.05, 0.1) is 18.8 Å². The van der Waals surface area contributed by atoms with Gasteiger partial charge in [-0.05, 0) is 120 Å². The summed E-state index contributed by atoms with van der Waals surface area (Å²) < 4.78 is 33.6. The number of fused-ring (bicyclic) bond motifs is 4. The molecule has 0 N–H and O–H groups in total. The van der Waals surface area contributed by atoms with E-state index in [0.717, 1.165) is 64.2 Å². The molecule has 8 heterocycles. The van der Waals surface area contributed by atoms with Crippen molar-refractivity contribution in [2.45, 2.75) is 167 Å². The molecule has 11 heteroatoms. The first kappa shape index (κ1) is 36.0. The lowest BCUT2D eigenvalue weighted by atomic mass is 9.56. The van der Waals surface area contributed by atoms with E-state index in [0.29, 0.717) is 43.4 Å². The Labute approximate surface area is 298 Å². The third-order valence-corrected chi connectivity index (χ3v) is 15.2. The van der Waals surface area contributed by atoms with Gasteiger partial charge in [-0.15, -0.1) is 0 Å². The highest BCUT2D eigenvalue weighted by Crippen LogP contribution is 2.63. The van der Waals surface area contributed by atoms with Crippen LogP contribution in [0.3, 0.4) is 0 Å². The second kappa shape index (κ2) is 13.1. The Morgan fingerprint density at radius 1 is 0.680 bits per heavy atom. The quantitative estimate of drug-likeness (QED) is 0.238. The average molecular weight is 706 g/mol. The van der Waals surface area contributed by atoms with E-state index in [1.165, 1.54) is 0 Å². The van der Waals surface area contributed by atoms with Gasteiger partial charge in [-0.3, -0.25) is 0 Å². The van der Waals surface area contributed by atoms with E-state index in [4.69, 9.17) is 43.2 Å². The Morgan fingerprint density at radius 3 is 1.58 bits per heavy atom. The van der Waals surface area contributed by atoms with E-state index in [1.54, 1.807) is 4.90 Å². The number of hydrogen-bond acceptors (Lipinski definition) is 10. The van der Waals surface area contributed by atoms with Gasteiger partial charge in [0.25, 0.3) is 0 Å². The smallest absolute Gasteiger partial charge is 0.409 e. The van der Waals surface area contributed by atoms with Crippen LogP contribution in [0.1, 0.15) is 120 Å². The molecule has 0 aromatic rings. The molecule has 0 aromatic carbocycles. The zero-order chi connectivity index (χ0) is 35.2. The lowest BCUT2D eigenvalue weighted by Gasteiger charge is -2.61. The van der Waals surface area contributed by atoms with Gasteiger partial charge in [-0.2, -0.15) is 0 Å². The first-order valence-corrected chi connectivity index (χ1v) is 20.2. The number of amides is 1. The molecule has 1 amide bonds. The van der Waals surface area contributed by atoms with E-state index in [9.17, 15) is 4.79 Å². The van der Waals surface area contributed by atoms with E-state index in [1.807, 2.05) is 27.7 Å². The van der Waals surface area contributed by atoms with Crippen LogP contribution in [-0.2, 0) is 43.2 Å². The number of nitrogens with zero attached hydrogens (tertiary/aromatic N) is 1. The van der Waals surface area contributed by atoms with Gasteiger partial charge in [0.15, 0.2) is 23.8 Å². The summed E-state index contributed by atoms with van der Waals surface area (Å²) in [6.45, 7) is 18.8. The molecule has 10 aliphatic rings. The zero-order valence-electron chi connectivity index (χ0n) is 31.7. The Balaban J connectivity index is 1.06. The molecule has 8 aliphatic heterocycles. The summed E-state index contributed by atoms with van der Waals surface area (Å²) in [5.74, 6) is 0.910. The minimum absolute atomic E-state index is 0.000533. The Hall–Kier alpha value is -1.05. The van der Waals surface area contributed by atoms with Gasteiger partial charge in [-0.1, -0.05) is 27.7 Å². The normalized spacial score (nSPS) is 52.1. The van der Waals surface area contributed by atoms with E-state index < -0.39 is 35.4 Å². The number of ether oxygens (including phenoxy) is 5. The number of hydrogen-bond donors (Lipinski definition) is 0. The van der Waals surface area contributed by atoms with E-state index in [-0.39, 0.29) is 47.9 Å². The summed E-state index contributed by atoms with van der Waals surface area (Å²) in [6, 6.07) is 0. The summed E-state index contributed by atoms with van der Waals surface area (Å²) in [6.07, 6.45) is 7.98. The van der Waals surface area contributed by atoms with Crippen LogP contribution in [0, 0.1) is 53.3 Å². The van der Waals surface area contributed by atoms with Crippen LogP contribution in [0.15, 0.2) is 0 Å². The van der Waals surface area contributed by atoms with Crippen molar-refractivity contribution in [3.8, 4) is 0 Å². The molecular weight excluding hydrogens is 642 g/mol. The highest BCUT2D eigenvalue weighted by atomic mass is 17.3. The van der Waals surface area contributed by atoms with Crippen molar-refractivity contribution in [2.75, 3.05) is 19.7 Å². The molecule has 0 unspecified atom stereocenters. The molecule has 16 atom stereocenters. The molecule has 11 nitrogen and oxygen atoms in total. The Morgan fingerprint density at radius 2 is 1.14 bits per heavy atom. The van der Waals surface area contributed by atoms with Crippen LogP contribution in [0.5, 0.6) is 0 Å². The molecule has 2 aliphatic carbocycles. The van der Waals surface area contributed by atoms with Crippen molar-refractivity contribution in [3.05, 3.63) is 0 Å². The van der Waals surface area contributed by atoms with Crippen molar-refractivity contribution >= 4 is 6.09 Å². The lowest BCUT2D eigenvalue weighted by molar-refractivity contribution is -0.571. The number of rotatable bonds is 8. The molecule has 2 spiro atoms. The number of carbonyl (C=O) groups is 1. The van der Waals surface area contributed by atoms with Crippen molar-refractivity contribution < 1.29 is 48.0 Å². The highest BCUT2D eigenvalue weighted by Gasteiger charge is 2.71. The van der Waals surface area contributed by atoms with Crippen LogP contribution in [0.2, 0.25) is 0 Å². The van der Waals surface area contributed by atoms with Crippen LogP contribution in [-0.4, -0.2) is 78.3 Å². The molecule has 10 fully saturated rings. The predicted molar refractivity (Wildman–Crippen MR) is 181 cm³/mol. The van der Waals surface area contributed by atoms with Gasteiger partial charge in [0.2, 0.25) is 11.6 Å². The highest BCUT2D eigenvalue weighted by molar-refractivity contribution is 5.67. The third-order valence-electron chi connectivity index (χ3n) is 15.2. The molecule has 0 aromatic heterocycles. The fourth-order valence-corrected chi connectivity index (χ4v) is 12.1. The van der Waals surface area contributed by atoms with E-state index in [2.05, 4.69) is 27.7 Å². The standard InChI is InChI=1S/C39H63NO10/c1-9-40(10-2)35(41)42-21-26(19-31-24(5)29-13-11-22(3)27-15-17-36(7)45-33(43-31)38(27,29)49-47-36)20-32-25(6)30-14-12-23(4)28-16-18-37(8)46-34(44-32)39(28,30)50-48-37/h22-34H,9-21H2,1-8H3/t22-,23-,24-,25-,27+,28+,29+,30+,31-,32-,33-,34-,36+,37+,38-,39-/m1/s1. The lowest BCUT2D eigenvalue weighted by Crippen LogP contribution is -2.70. The van der Waals surface area contributed by atoms with Gasteiger partial charge in [0, 0.05) is 37.8 Å². The molecule has 8 saturated heterocycles. The first-order chi connectivity index (χ1) is 23.9. The van der Waals surface area contributed by atoms with Gasteiger partial charge in [0.1, 0.15) is 0 Å². The second-order valence-corrected chi connectivity index (χ2v) is 18.0. The Kier molecular flexibility index (Phi) is 9.39. The van der Waals surface area contributed by atoms with E-state index >= 15 is 0 Å². The molecule has 2 saturated carbocycles. The molecule has 284 valence electrons. The van der Waals surface area contributed by atoms with Crippen LogP contribution < -0.4 is 0 Å². The van der Waals surface area contributed by atoms with Gasteiger partial charge >= 0.3 is 6.09 Å². The van der Waals surface area contributed by atoms with Crippen molar-refractivity contribution in [1.29, 1.82) is 0 Å². The summed E-state index contributed by atoms with van der Waals surface area (Å²) >= 11 is 0. The Bertz CT molecular complexity index is 1190. The molecule has 50 heavy (non-hydrogen) atoms. The van der Waals surface area contributed by atoms with Crippen molar-refractivity contribution in [3.63, 3.8) is 0 Å². The third kappa shape index (κ3) is 5.52. The molecule has 4 bridgehead atoms. The second-order valence-electron chi connectivity index (χ2n) is 18.0. The molecular formula is C39H63NO10. The van der Waals surface area contributed by atoms with Crippen LogP contribution in [0.4, 0.5) is 4.79 Å². The fourth-order valence-electron chi connectivity index (χ4n) is 12.1. The summed E-state index contributed by atoms with van der Waals surface area (Å²) in [7, 11) is 0. The summed E-state index contributed by atoms with van der Waals surface area (Å²) in [5, 5.41) is 0. The van der Waals surface area contributed by atoms with Gasteiger partial charge < -0.3 is 28.6 Å². The SMILES string of the molecule is CCN(CC)C(=O)OCC(C[C@H]1O[C@@H]2O[C@]3(C)CC[C@H]4[C@H](C)CC[C@@H]([C@H]1C)[C@@]24OO3)C[C@H]1O[C@@H]2O[C@]3(C)CC[C@H]4[C@H](C)CC[C@@H]([C@H]1C)[C@@]24OO3. The minimum Gasteiger partial charge on any atom is -0.449 e. The predicted octanol–water partition coefficient (Wildman–Crippen LogP) is 7.36. The van der Waals surface area contributed by atoms with Crippen molar-refractivity contribution in [1.82, 2.24) is 4.90 Å². The summed E-state index contributed by atoms with van der Waals surface area (Å²) in [4.78, 5) is 40.0. The maximum Gasteiger partial charge on any atom is 0.409 e. The largest absolute Gasteiger partial charge is 0.449 e. The zero-order valence-corrected chi connectivity index (χ0v) is 31.7. The van der Waals surface area contributed by atoms with Crippen LogP contribution in [0.25, 0.3) is 0 Å². The van der Waals surface area contributed by atoms with Crippen LogP contribution >= 0.6 is 0 Å². The molecule has 10 rings (SSSR count). The maximum atomic E-state index is 13.2. The minimum atomic E-state index is -0.821. The first-order valence-electron chi connectivity index (χ1n) is 20.2. The topological polar surface area (TPSA) is 103 Å². The monoisotopic (exact) mass is 705 g/mol.